The maximum Gasteiger partial charge on any atom is 0.124 e. The Kier molecular flexibility index (Phi) is 5.99. The molecular weight excluding hydrogens is 310 g/mol. The molecule has 0 unspecified atom stereocenters. The van der Waals surface area contributed by atoms with Gasteiger partial charge in [0.05, 0.1) is 14.2 Å². The SMILES string of the molecule is CCc1c(OC)cccc1N(CC)c1cccc(OC)c1C(C)(C)C. The number of anilines is 2. The highest BCUT2D eigenvalue weighted by atomic mass is 16.5. The Bertz CT molecular complexity index is 716. The maximum absolute atomic E-state index is 5.69. The van der Waals surface area contributed by atoms with E-state index in [1.165, 1.54) is 22.5 Å². The lowest BCUT2D eigenvalue weighted by molar-refractivity contribution is 0.398. The normalized spacial score (nSPS) is 11.3. The van der Waals surface area contributed by atoms with E-state index < -0.39 is 0 Å². The van der Waals surface area contributed by atoms with E-state index in [1.54, 1.807) is 14.2 Å². The van der Waals surface area contributed by atoms with Crippen LogP contribution in [0.2, 0.25) is 0 Å². The Balaban J connectivity index is 2.72. The third kappa shape index (κ3) is 3.76. The third-order valence-corrected chi connectivity index (χ3v) is 4.55. The highest BCUT2D eigenvalue weighted by Gasteiger charge is 2.26. The lowest BCUT2D eigenvalue weighted by Gasteiger charge is -2.33. The van der Waals surface area contributed by atoms with Crippen LogP contribution >= 0.6 is 0 Å². The second-order valence-corrected chi connectivity index (χ2v) is 7.16. The standard InChI is InChI=1S/C22H31NO2/c1-8-16-17(12-10-14-19(16)24-6)23(9-2)18-13-11-15-20(25-7)21(18)22(3,4)5/h10-15H,8-9H2,1-7H3. The van der Waals surface area contributed by atoms with E-state index >= 15 is 0 Å². The molecule has 0 heterocycles. The molecule has 0 radical (unpaired) electrons. The first-order valence-corrected chi connectivity index (χ1v) is 8.99. The van der Waals surface area contributed by atoms with E-state index in [4.69, 9.17) is 9.47 Å². The second kappa shape index (κ2) is 7.81. The topological polar surface area (TPSA) is 21.7 Å². The molecule has 0 amide bonds. The fourth-order valence-electron chi connectivity index (χ4n) is 3.49. The highest BCUT2D eigenvalue weighted by molar-refractivity contribution is 5.74. The molecule has 2 rings (SSSR count). The summed E-state index contributed by atoms with van der Waals surface area (Å²) in [6.45, 7) is 11.9. The van der Waals surface area contributed by atoms with Crippen LogP contribution in [-0.4, -0.2) is 20.8 Å². The number of benzene rings is 2. The molecule has 0 aliphatic rings. The van der Waals surface area contributed by atoms with Crippen LogP contribution in [0.3, 0.4) is 0 Å². The quantitative estimate of drug-likeness (QED) is 0.670. The van der Waals surface area contributed by atoms with Gasteiger partial charge in [-0.2, -0.15) is 0 Å². The van der Waals surface area contributed by atoms with Gasteiger partial charge in [0.15, 0.2) is 0 Å². The summed E-state index contributed by atoms with van der Waals surface area (Å²) in [6, 6.07) is 12.6. The van der Waals surface area contributed by atoms with Crippen LogP contribution in [0, 0.1) is 0 Å². The van der Waals surface area contributed by atoms with Crippen molar-refractivity contribution in [1.82, 2.24) is 0 Å². The zero-order valence-electron chi connectivity index (χ0n) is 16.6. The fourth-order valence-corrected chi connectivity index (χ4v) is 3.49. The van der Waals surface area contributed by atoms with E-state index in [0.717, 1.165) is 24.5 Å². The lowest BCUT2D eigenvalue weighted by atomic mass is 9.84. The van der Waals surface area contributed by atoms with Crippen molar-refractivity contribution in [3.05, 3.63) is 47.5 Å². The molecule has 136 valence electrons. The van der Waals surface area contributed by atoms with E-state index in [-0.39, 0.29) is 5.41 Å². The first kappa shape index (κ1) is 19.2. The molecule has 2 aromatic rings. The van der Waals surface area contributed by atoms with Gasteiger partial charge in [0.25, 0.3) is 0 Å². The van der Waals surface area contributed by atoms with Crippen LogP contribution < -0.4 is 14.4 Å². The Morgan fingerprint density at radius 2 is 1.40 bits per heavy atom. The van der Waals surface area contributed by atoms with E-state index in [0.29, 0.717) is 0 Å². The lowest BCUT2D eigenvalue weighted by Crippen LogP contribution is -2.24. The number of rotatable bonds is 6. The molecule has 0 saturated heterocycles. The van der Waals surface area contributed by atoms with Crippen LogP contribution in [0.25, 0.3) is 0 Å². The van der Waals surface area contributed by atoms with Gasteiger partial charge in [-0.15, -0.1) is 0 Å². The molecule has 0 saturated carbocycles. The van der Waals surface area contributed by atoms with Crippen molar-refractivity contribution in [3.8, 4) is 11.5 Å². The summed E-state index contributed by atoms with van der Waals surface area (Å²) in [7, 11) is 3.48. The Labute approximate surface area is 152 Å². The van der Waals surface area contributed by atoms with Gasteiger partial charge in [0.1, 0.15) is 11.5 Å². The van der Waals surface area contributed by atoms with Gasteiger partial charge in [-0.25, -0.2) is 0 Å². The van der Waals surface area contributed by atoms with Gasteiger partial charge < -0.3 is 14.4 Å². The average molecular weight is 341 g/mol. The molecule has 0 bridgehead atoms. The van der Waals surface area contributed by atoms with Crippen molar-refractivity contribution in [2.75, 3.05) is 25.7 Å². The molecule has 3 heteroatoms. The molecule has 2 aromatic carbocycles. The van der Waals surface area contributed by atoms with E-state index in [1.807, 2.05) is 12.1 Å². The van der Waals surface area contributed by atoms with Gasteiger partial charge in [0.2, 0.25) is 0 Å². The van der Waals surface area contributed by atoms with Crippen molar-refractivity contribution in [2.45, 2.75) is 46.5 Å². The molecule has 0 fully saturated rings. The molecule has 3 nitrogen and oxygen atoms in total. The monoisotopic (exact) mass is 341 g/mol. The van der Waals surface area contributed by atoms with Gasteiger partial charge in [0, 0.05) is 29.0 Å². The fraction of sp³-hybridized carbons (Fsp3) is 0.455. The molecular formula is C22H31NO2. The van der Waals surface area contributed by atoms with E-state index in [9.17, 15) is 0 Å². The zero-order chi connectivity index (χ0) is 18.6. The Morgan fingerprint density at radius 3 is 1.88 bits per heavy atom. The third-order valence-electron chi connectivity index (χ3n) is 4.55. The smallest absolute Gasteiger partial charge is 0.124 e. The first-order chi connectivity index (χ1) is 11.9. The summed E-state index contributed by atoms with van der Waals surface area (Å²) in [4.78, 5) is 2.37. The number of ether oxygens (including phenoxy) is 2. The first-order valence-electron chi connectivity index (χ1n) is 8.99. The van der Waals surface area contributed by atoms with Gasteiger partial charge in [-0.1, -0.05) is 39.8 Å². The Morgan fingerprint density at radius 1 is 0.840 bits per heavy atom. The summed E-state index contributed by atoms with van der Waals surface area (Å²) in [5.41, 5.74) is 4.82. The maximum atomic E-state index is 5.69. The van der Waals surface area contributed by atoms with Crippen molar-refractivity contribution >= 4 is 11.4 Å². The highest BCUT2D eigenvalue weighted by Crippen LogP contribution is 2.43. The molecule has 0 aliphatic heterocycles. The number of hydrogen-bond acceptors (Lipinski definition) is 3. The van der Waals surface area contributed by atoms with Crippen LogP contribution in [0.5, 0.6) is 11.5 Å². The van der Waals surface area contributed by atoms with Crippen molar-refractivity contribution in [3.63, 3.8) is 0 Å². The minimum atomic E-state index is -0.0272. The summed E-state index contributed by atoms with van der Waals surface area (Å²) in [6.07, 6.45) is 0.921. The minimum absolute atomic E-state index is 0.0272. The predicted octanol–water partition coefficient (Wildman–Crippen LogP) is 5.72. The van der Waals surface area contributed by atoms with Crippen molar-refractivity contribution in [2.24, 2.45) is 0 Å². The minimum Gasteiger partial charge on any atom is -0.496 e. The number of methoxy groups -OCH3 is 2. The molecule has 0 aliphatic carbocycles. The average Bonchev–Trinajstić information content (AvgIpc) is 2.60. The largest absolute Gasteiger partial charge is 0.496 e. The van der Waals surface area contributed by atoms with Crippen LogP contribution in [-0.2, 0) is 11.8 Å². The van der Waals surface area contributed by atoms with Crippen LogP contribution in [0.15, 0.2) is 36.4 Å². The summed E-state index contributed by atoms with van der Waals surface area (Å²) >= 11 is 0. The molecule has 0 aromatic heterocycles. The summed E-state index contributed by atoms with van der Waals surface area (Å²) in [5, 5.41) is 0. The summed E-state index contributed by atoms with van der Waals surface area (Å²) < 4.78 is 11.3. The zero-order valence-corrected chi connectivity index (χ0v) is 16.6. The molecule has 0 atom stereocenters. The number of hydrogen-bond donors (Lipinski definition) is 0. The van der Waals surface area contributed by atoms with Crippen molar-refractivity contribution < 1.29 is 9.47 Å². The van der Waals surface area contributed by atoms with E-state index in [2.05, 4.69) is 63.8 Å². The molecule has 0 spiro atoms. The molecule has 25 heavy (non-hydrogen) atoms. The van der Waals surface area contributed by atoms with Crippen LogP contribution in [0.1, 0.15) is 45.7 Å². The number of nitrogens with zero attached hydrogens (tertiary/aromatic N) is 1. The van der Waals surface area contributed by atoms with Crippen LogP contribution in [0.4, 0.5) is 11.4 Å². The van der Waals surface area contributed by atoms with Gasteiger partial charge >= 0.3 is 0 Å². The second-order valence-electron chi connectivity index (χ2n) is 7.16. The van der Waals surface area contributed by atoms with Gasteiger partial charge in [-0.05, 0) is 43.0 Å². The van der Waals surface area contributed by atoms with Gasteiger partial charge in [-0.3, -0.25) is 0 Å². The summed E-state index contributed by atoms with van der Waals surface area (Å²) in [5.74, 6) is 1.88. The predicted molar refractivity (Wildman–Crippen MR) is 107 cm³/mol. The van der Waals surface area contributed by atoms with Crippen molar-refractivity contribution in [1.29, 1.82) is 0 Å². The Hall–Kier alpha value is -2.16. The molecule has 0 N–H and O–H groups in total.